The summed E-state index contributed by atoms with van der Waals surface area (Å²) >= 11 is 0. The van der Waals surface area contributed by atoms with E-state index in [4.69, 9.17) is 14.7 Å². The van der Waals surface area contributed by atoms with Crippen molar-refractivity contribution in [3.05, 3.63) is 23.8 Å². The first kappa shape index (κ1) is 19.8. The van der Waals surface area contributed by atoms with Crippen LogP contribution in [0.5, 0.6) is 11.5 Å². The molecule has 0 aliphatic heterocycles. The maximum absolute atomic E-state index is 10.1. The molecular weight excluding hydrogens is 302 g/mol. The fourth-order valence-corrected chi connectivity index (χ4v) is 2.88. The summed E-state index contributed by atoms with van der Waals surface area (Å²) in [4.78, 5) is 2.08. The first-order valence-corrected chi connectivity index (χ1v) is 8.19. The number of hydrogen-bond donors (Lipinski definition) is 0. The molecule has 5 heteroatoms. The molecule has 130 valence electrons. The molecule has 24 heavy (non-hydrogen) atoms. The smallest absolute Gasteiger partial charge is 0.165 e. The van der Waals surface area contributed by atoms with Gasteiger partial charge in [-0.25, -0.2) is 0 Å². The van der Waals surface area contributed by atoms with Gasteiger partial charge in [0.1, 0.15) is 0 Å². The van der Waals surface area contributed by atoms with Crippen LogP contribution in [0.1, 0.15) is 37.7 Å². The van der Waals surface area contributed by atoms with Gasteiger partial charge in [-0.1, -0.05) is 18.6 Å². The van der Waals surface area contributed by atoms with Crippen molar-refractivity contribution in [2.24, 2.45) is 0 Å². The number of nitriles is 2. The summed E-state index contributed by atoms with van der Waals surface area (Å²) in [5.74, 6) is 1.26. The molecule has 0 fully saturated rings. The molecule has 0 aliphatic carbocycles. The van der Waals surface area contributed by atoms with Crippen LogP contribution in [-0.2, 0) is 5.41 Å². The zero-order valence-electron chi connectivity index (χ0n) is 15.1. The molecule has 5 nitrogen and oxygen atoms in total. The van der Waals surface area contributed by atoms with Crippen molar-refractivity contribution in [1.82, 2.24) is 4.90 Å². The molecule has 0 heterocycles. The largest absolute Gasteiger partial charge is 0.493 e. The maximum Gasteiger partial charge on any atom is 0.165 e. The van der Waals surface area contributed by atoms with Gasteiger partial charge in [-0.05, 0) is 46.0 Å². The van der Waals surface area contributed by atoms with E-state index in [-0.39, 0.29) is 0 Å². The van der Waals surface area contributed by atoms with Crippen molar-refractivity contribution < 1.29 is 9.47 Å². The summed E-state index contributed by atoms with van der Waals surface area (Å²) in [5, 5.41) is 18.8. The van der Waals surface area contributed by atoms with Gasteiger partial charge in [0.05, 0.1) is 31.8 Å². The number of benzene rings is 1. The highest BCUT2D eigenvalue weighted by Gasteiger charge is 2.35. The first-order chi connectivity index (χ1) is 11.5. The van der Waals surface area contributed by atoms with E-state index >= 15 is 0 Å². The Kier molecular flexibility index (Phi) is 8.09. The SMILES string of the molecule is COc1cccc(C(C#N)(CCCCC#N)CCN(C)C)c1OC. The molecule has 0 N–H and O–H groups in total. The van der Waals surface area contributed by atoms with Gasteiger partial charge in [-0.2, -0.15) is 10.5 Å². The predicted octanol–water partition coefficient (Wildman–Crippen LogP) is 3.50. The van der Waals surface area contributed by atoms with Gasteiger partial charge in [0.2, 0.25) is 0 Å². The molecule has 1 aromatic carbocycles. The second kappa shape index (κ2) is 9.80. The fourth-order valence-electron chi connectivity index (χ4n) is 2.88. The van der Waals surface area contributed by atoms with Crippen LogP contribution in [0.15, 0.2) is 18.2 Å². The molecule has 0 spiro atoms. The quantitative estimate of drug-likeness (QED) is 0.614. The second-order valence-electron chi connectivity index (χ2n) is 6.15. The van der Waals surface area contributed by atoms with E-state index in [2.05, 4.69) is 17.0 Å². The molecule has 0 aliphatic rings. The average Bonchev–Trinajstić information content (AvgIpc) is 2.60. The van der Waals surface area contributed by atoms with Crippen LogP contribution in [0.3, 0.4) is 0 Å². The van der Waals surface area contributed by atoms with Gasteiger partial charge in [0.25, 0.3) is 0 Å². The highest BCUT2D eigenvalue weighted by atomic mass is 16.5. The standard InChI is InChI=1S/C19H27N3O2/c1-22(2)14-12-19(15-21,11-6-5-7-13-20)16-9-8-10-17(23-3)18(16)24-4/h8-10H,5-7,11-12,14H2,1-4H3. The van der Waals surface area contributed by atoms with Crippen molar-refractivity contribution in [2.45, 2.75) is 37.5 Å². The summed E-state index contributed by atoms with van der Waals surface area (Å²) in [6.45, 7) is 0.798. The third-order valence-electron chi connectivity index (χ3n) is 4.26. The van der Waals surface area contributed by atoms with E-state index < -0.39 is 5.41 Å². The van der Waals surface area contributed by atoms with Crippen molar-refractivity contribution in [1.29, 1.82) is 10.5 Å². The molecule has 0 saturated carbocycles. The lowest BCUT2D eigenvalue weighted by Crippen LogP contribution is -2.30. The zero-order valence-corrected chi connectivity index (χ0v) is 15.1. The van der Waals surface area contributed by atoms with Crippen LogP contribution in [-0.4, -0.2) is 39.8 Å². The zero-order chi connectivity index (χ0) is 18.0. The van der Waals surface area contributed by atoms with Crippen LogP contribution < -0.4 is 9.47 Å². The third-order valence-corrected chi connectivity index (χ3v) is 4.26. The molecule has 0 saturated heterocycles. The number of rotatable bonds is 10. The number of methoxy groups -OCH3 is 2. The topological polar surface area (TPSA) is 69.3 Å². The van der Waals surface area contributed by atoms with Crippen LogP contribution in [0.4, 0.5) is 0 Å². The number of hydrogen-bond acceptors (Lipinski definition) is 5. The van der Waals surface area contributed by atoms with E-state index in [0.717, 1.165) is 24.9 Å². The van der Waals surface area contributed by atoms with Crippen molar-refractivity contribution in [3.63, 3.8) is 0 Å². The van der Waals surface area contributed by atoms with Gasteiger partial charge < -0.3 is 14.4 Å². The number of unbranched alkanes of at least 4 members (excludes halogenated alkanes) is 2. The van der Waals surface area contributed by atoms with Crippen LogP contribution in [0.25, 0.3) is 0 Å². The van der Waals surface area contributed by atoms with E-state index in [1.807, 2.05) is 32.3 Å². The Balaban J connectivity index is 3.25. The molecule has 1 unspecified atom stereocenters. The monoisotopic (exact) mass is 329 g/mol. The molecule has 0 aromatic heterocycles. The Morgan fingerprint density at radius 3 is 2.38 bits per heavy atom. The summed E-state index contributed by atoms with van der Waals surface area (Å²) in [7, 11) is 7.20. The summed E-state index contributed by atoms with van der Waals surface area (Å²) in [6, 6.07) is 10.4. The van der Waals surface area contributed by atoms with Gasteiger partial charge in [0.15, 0.2) is 11.5 Å². The first-order valence-electron chi connectivity index (χ1n) is 8.19. The van der Waals surface area contributed by atoms with Gasteiger partial charge >= 0.3 is 0 Å². The van der Waals surface area contributed by atoms with Crippen LogP contribution in [0.2, 0.25) is 0 Å². The minimum atomic E-state index is -0.653. The van der Waals surface area contributed by atoms with E-state index in [0.29, 0.717) is 30.8 Å². The fraction of sp³-hybridized carbons (Fsp3) is 0.579. The Morgan fingerprint density at radius 2 is 1.83 bits per heavy atom. The van der Waals surface area contributed by atoms with E-state index in [1.54, 1.807) is 14.2 Å². The van der Waals surface area contributed by atoms with Gasteiger partial charge in [-0.3, -0.25) is 0 Å². The Hall–Kier alpha value is -2.24. The van der Waals surface area contributed by atoms with Gasteiger partial charge in [-0.15, -0.1) is 0 Å². The molecular formula is C19H27N3O2. The maximum atomic E-state index is 10.1. The lowest BCUT2D eigenvalue weighted by Gasteiger charge is -2.30. The Labute approximate surface area is 145 Å². The molecule has 0 radical (unpaired) electrons. The van der Waals surface area contributed by atoms with Crippen LogP contribution >= 0.6 is 0 Å². The second-order valence-corrected chi connectivity index (χ2v) is 6.15. The lowest BCUT2D eigenvalue weighted by atomic mass is 9.74. The Morgan fingerprint density at radius 1 is 1.08 bits per heavy atom. The normalized spacial score (nSPS) is 13.0. The van der Waals surface area contributed by atoms with E-state index in [1.165, 1.54) is 0 Å². The minimum Gasteiger partial charge on any atom is -0.493 e. The predicted molar refractivity (Wildman–Crippen MR) is 94.1 cm³/mol. The highest BCUT2D eigenvalue weighted by molar-refractivity contribution is 5.52. The molecule has 1 atom stereocenters. The van der Waals surface area contributed by atoms with Crippen LogP contribution in [0, 0.1) is 22.7 Å². The average molecular weight is 329 g/mol. The molecule has 1 aromatic rings. The highest BCUT2D eigenvalue weighted by Crippen LogP contribution is 2.43. The van der Waals surface area contributed by atoms with E-state index in [9.17, 15) is 5.26 Å². The molecule has 0 bridgehead atoms. The Bertz CT molecular complexity index is 602. The third kappa shape index (κ3) is 4.88. The summed E-state index contributed by atoms with van der Waals surface area (Å²) < 4.78 is 11.0. The molecule has 0 amide bonds. The van der Waals surface area contributed by atoms with Crippen molar-refractivity contribution >= 4 is 0 Å². The summed E-state index contributed by atoms with van der Waals surface area (Å²) in [6.07, 6.45) is 3.54. The van der Waals surface area contributed by atoms with Crippen molar-refractivity contribution in [3.8, 4) is 23.6 Å². The number of ether oxygens (including phenoxy) is 2. The number of para-hydroxylation sites is 1. The molecule has 1 rings (SSSR count). The van der Waals surface area contributed by atoms with Gasteiger partial charge in [0, 0.05) is 12.0 Å². The minimum absolute atomic E-state index is 0.518. The summed E-state index contributed by atoms with van der Waals surface area (Å²) in [5.41, 5.74) is 0.213. The number of nitrogens with zero attached hydrogens (tertiary/aromatic N) is 3. The van der Waals surface area contributed by atoms with Crippen molar-refractivity contribution in [2.75, 3.05) is 34.9 Å². The lowest BCUT2D eigenvalue weighted by molar-refractivity contribution is 0.316.